The summed E-state index contributed by atoms with van der Waals surface area (Å²) in [7, 11) is 0. The highest BCUT2D eigenvalue weighted by Gasteiger charge is 2.44. The van der Waals surface area contributed by atoms with Crippen molar-refractivity contribution in [2.45, 2.75) is 69.1 Å². The van der Waals surface area contributed by atoms with Crippen LogP contribution in [0.15, 0.2) is 4.52 Å². The van der Waals surface area contributed by atoms with Crippen molar-refractivity contribution in [3.05, 3.63) is 11.7 Å². The molecule has 5 unspecified atom stereocenters. The third-order valence-electron chi connectivity index (χ3n) is 4.87. The molecule has 19 heavy (non-hydrogen) atoms. The lowest BCUT2D eigenvalue weighted by atomic mass is 9.88. The molecule has 3 saturated heterocycles. The minimum absolute atomic E-state index is 0.336. The Hall–Kier alpha value is -0.940. The molecule has 1 N–H and O–H groups in total. The number of aromatic nitrogens is 2. The van der Waals surface area contributed by atoms with Crippen molar-refractivity contribution in [3.8, 4) is 0 Å². The Morgan fingerprint density at radius 1 is 1.21 bits per heavy atom. The van der Waals surface area contributed by atoms with Gasteiger partial charge >= 0.3 is 0 Å². The number of nitrogens with one attached hydrogen (secondary N) is 1. The highest BCUT2D eigenvalue weighted by molar-refractivity contribution is 5.08. The maximum atomic E-state index is 5.88. The van der Waals surface area contributed by atoms with Crippen LogP contribution in [0.3, 0.4) is 0 Å². The van der Waals surface area contributed by atoms with Crippen LogP contribution in [-0.4, -0.2) is 34.9 Å². The fourth-order valence-corrected chi connectivity index (χ4v) is 3.83. The van der Waals surface area contributed by atoms with Crippen LogP contribution >= 0.6 is 0 Å². The molecule has 3 fully saturated rings. The number of hydrogen-bond acceptors (Lipinski definition) is 5. The van der Waals surface area contributed by atoms with Crippen molar-refractivity contribution in [1.29, 1.82) is 0 Å². The zero-order valence-electron chi connectivity index (χ0n) is 11.3. The smallest absolute Gasteiger partial charge is 0.229 e. The van der Waals surface area contributed by atoms with E-state index in [0.717, 1.165) is 43.9 Å². The van der Waals surface area contributed by atoms with Crippen LogP contribution in [0, 0.1) is 0 Å². The summed E-state index contributed by atoms with van der Waals surface area (Å²) in [5.74, 6) is 2.52. The van der Waals surface area contributed by atoms with E-state index >= 15 is 0 Å². The van der Waals surface area contributed by atoms with E-state index in [9.17, 15) is 0 Å². The first-order valence-corrected chi connectivity index (χ1v) is 7.52. The molecule has 5 atom stereocenters. The SMILES string of the molecule is CC1CC(c2nc(C3CC4CCC3O4)no2)CCN1. The van der Waals surface area contributed by atoms with E-state index in [2.05, 4.69) is 22.4 Å². The van der Waals surface area contributed by atoms with Crippen molar-refractivity contribution in [2.24, 2.45) is 0 Å². The molecule has 3 aliphatic rings. The number of nitrogens with zero attached hydrogens (tertiary/aromatic N) is 2. The largest absolute Gasteiger partial charge is 0.374 e. The van der Waals surface area contributed by atoms with Crippen LogP contribution in [0.2, 0.25) is 0 Å². The number of rotatable bonds is 2. The molecule has 4 rings (SSSR count). The highest BCUT2D eigenvalue weighted by Crippen LogP contribution is 2.43. The van der Waals surface area contributed by atoms with Crippen LogP contribution < -0.4 is 5.32 Å². The molecule has 4 heterocycles. The number of piperidine rings is 1. The van der Waals surface area contributed by atoms with Gasteiger partial charge in [0.25, 0.3) is 0 Å². The van der Waals surface area contributed by atoms with E-state index in [1.807, 2.05) is 0 Å². The van der Waals surface area contributed by atoms with Crippen LogP contribution in [0.4, 0.5) is 0 Å². The van der Waals surface area contributed by atoms with Crippen LogP contribution in [0.25, 0.3) is 0 Å². The first kappa shape index (κ1) is 11.9. The molecule has 104 valence electrons. The minimum Gasteiger partial charge on any atom is -0.374 e. The van der Waals surface area contributed by atoms with E-state index in [1.54, 1.807) is 0 Å². The second kappa shape index (κ2) is 4.56. The van der Waals surface area contributed by atoms with E-state index in [0.29, 0.717) is 30.1 Å². The maximum absolute atomic E-state index is 5.88. The summed E-state index contributed by atoms with van der Waals surface area (Å²) in [6.07, 6.45) is 6.40. The average molecular weight is 263 g/mol. The summed E-state index contributed by atoms with van der Waals surface area (Å²) in [6, 6.07) is 0.542. The quantitative estimate of drug-likeness (QED) is 0.884. The summed E-state index contributed by atoms with van der Waals surface area (Å²) in [5.41, 5.74) is 0. The molecular weight excluding hydrogens is 242 g/mol. The Morgan fingerprint density at radius 3 is 2.89 bits per heavy atom. The second-order valence-corrected chi connectivity index (χ2v) is 6.28. The van der Waals surface area contributed by atoms with Crippen molar-refractivity contribution in [2.75, 3.05) is 6.54 Å². The normalized spacial score (nSPS) is 41.8. The topological polar surface area (TPSA) is 60.2 Å². The first-order chi connectivity index (χ1) is 9.29. The maximum Gasteiger partial charge on any atom is 0.229 e. The van der Waals surface area contributed by atoms with Crippen LogP contribution in [0.5, 0.6) is 0 Å². The molecule has 0 aromatic carbocycles. The van der Waals surface area contributed by atoms with Gasteiger partial charge in [0.1, 0.15) is 0 Å². The summed E-state index contributed by atoms with van der Waals surface area (Å²) in [5, 5.41) is 7.69. The Bertz CT molecular complexity index is 461. The molecule has 2 bridgehead atoms. The summed E-state index contributed by atoms with van der Waals surface area (Å²) in [6.45, 7) is 3.26. The standard InChI is InChI=1S/C14H21N3O2/c1-8-6-9(4-5-15-8)14-16-13(17-19-14)11-7-10-2-3-12(11)18-10/h8-12,15H,2-7H2,1H3. The number of ether oxygens (including phenoxy) is 1. The fourth-order valence-electron chi connectivity index (χ4n) is 3.83. The molecule has 1 aromatic heterocycles. The zero-order valence-corrected chi connectivity index (χ0v) is 11.3. The van der Waals surface area contributed by atoms with E-state index < -0.39 is 0 Å². The first-order valence-electron chi connectivity index (χ1n) is 7.52. The molecule has 0 radical (unpaired) electrons. The number of hydrogen-bond donors (Lipinski definition) is 1. The van der Waals surface area contributed by atoms with Crippen molar-refractivity contribution >= 4 is 0 Å². The predicted octanol–water partition coefficient (Wildman–Crippen LogP) is 1.96. The Morgan fingerprint density at radius 2 is 2.16 bits per heavy atom. The lowest BCUT2D eigenvalue weighted by Crippen LogP contribution is -2.35. The van der Waals surface area contributed by atoms with Gasteiger partial charge in [-0.15, -0.1) is 0 Å². The monoisotopic (exact) mass is 263 g/mol. The van der Waals surface area contributed by atoms with Crippen molar-refractivity contribution in [1.82, 2.24) is 15.5 Å². The average Bonchev–Trinajstić information content (AvgIpc) is 3.14. The van der Waals surface area contributed by atoms with Crippen molar-refractivity contribution < 1.29 is 9.26 Å². The van der Waals surface area contributed by atoms with Crippen LogP contribution in [-0.2, 0) is 4.74 Å². The van der Waals surface area contributed by atoms with Gasteiger partial charge in [-0.2, -0.15) is 4.98 Å². The summed E-state index contributed by atoms with van der Waals surface area (Å²) < 4.78 is 11.4. The third-order valence-corrected chi connectivity index (χ3v) is 4.87. The van der Waals surface area contributed by atoms with E-state index in [4.69, 9.17) is 9.26 Å². The Balaban J connectivity index is 1.50. The lowest BCUT2D eigenvalue weighted by molar-refractivity contribution is 0.0996. The molecule has 0 aliphatic carbocycles. The third kappa shape index (κ3) is 2.09. The van der Waals surface area contributed by atoms with Gasteiger partial charge in [0, 0.05) is 12.0 Å². The molecule has 0 saturated carbocycles. The second-order valence-electron chi connectivity index (χ2n) is 6.28. The summed E-state index contributed by atoms with van der Waals surface area (Å²) in [4.78, 5) is 4.68. The van der Waals surface area contributed by atoms with Crippen LogP contribution in [0.1, 0.15) is 62.6 Å². The predicted molar refractivity (Wildman–Crippen MR) is 69.0 cm³/mol. The van der Waals surface area contributed by atoms with Gasteiger partial charge in [-0.05, 0) is 45.6 Å². The minimum atomic E-state index is 0.336. The highest BCUT2D eigenvalue weighted by atomic mass is 16.5. The van der Waals surface area contributed by atoms with Gasteiger partial charge < -0.3 is 14.6 Å². The fraction of sp³-hybridized carbons (Fsp3) is 0.857. The molecule has 5 nitrogen and oxygen atoms in total. The number of fused-ring (bicyclic) bond motifs is 2. The van der Waals surface area contributed by atoms with Gasteiger partial charge in [-0.25, -0.2) is 0 Å². The van der Waals surface area contributed by atoms with E-state index in [-0.39, 0.29) is 0 Å². The van der Waals surface area contributed by atoms with Gasteiger partial charge in [0.15, 0.2) is 5.82 Å². The Labute approximate surface area is 113 Å². The van der Waals surface area contributed by atoms with Gasteiger partial charge in [0.05, 0.1) is 18.1 Å². The zero-order chi connectivity index (χ0) is 12.8. The van der Waals surface area contributed by atoms with Gasteiger partial charge in [-0.3, -0.25) is 0 Å². The molecule has 0 amide bonds. The molecule has 3 aliphatic heterocycles. The van der Waals surface area contributed by atoms with E-state index in [1.165, 1.54) is 6.42 Å². The van der Waals surface area contributed by atoms with Gasteiger partial charge in [-0.1, -0.05) is 5.16 Å². The Kier molecular flexibility index (Phi) is 2.84. The molecule has 5 heteroatoms. The summed E-state index contributed by atoms with van der Waals surface area (Å²) >= 11 is 0. The molecule has 0 spiro atoms. The van der Waals surface area contributed by atoms with Gasteiger partial charge in [0.2, 0.25) is 5.89 Å². The van der Waals surface area contributed by atoms with Crippen molar-refractivity contribution in [3.63, 3.8) is 0 Å². The molecule has 1 aromatic rings. The lowest BCUT2D eigenvalue weighted by Gasteiger charge is -2.25. The molecular formula is C14H21N3O2.